The monoisotopic (exact) mass is 261 g/mol. The lowest BCUT2D eigenvalue weighted by Gasteiger charge is -2.27. The fraction of sp³-hybridized carbons (Fsp3) is 0.778. The molecule has 0 radical (unpaired) electrons. The van der Waals surface area contributed by atoms with Crippen LogP contribution < -0.4 is 5.32 Å². The highest BCUT2D eigenvalue weighted by atomic mass is 79.9. The predicted molar refractivity (Wildman–Crippen MR) is 60.1 cm³/mol. The Hall–Kier alpha value is -0.580. The van der Waals surface area contributed by atoms with E-state index in [1.807, 2.05) is 0 Å². The fourth-order valence-corrected chi connectivity index (χ4v) is 1.69. The molecule has 0 aromatic carbocycles. The van der Waals surface area contributed by atoms with Crippen molar-refractivity contribution < 1.29 is 4.79 Å². The summed E-state index contributed by atoms with van der Waals surface area (Å²) in [4.78, 5) is 13.1. The molecule has 0 atom stereocenters. The van der Waals surface area contributed by atoms with E-state index in [0.29, 0.717) is 18.9 Å². The number of nitrogens with zero attached hydrogens (tertiary/aromatic N) is 1. The third-order valence-corrected chi connectivity index (χ3v) is 2.76. The summed E-state index contributed by atoms with van der Waals surface area (Å²) < 4.78 is 0. The van der Waals surface area contributed by atoms with Crippen molar-refractivity contribution >= 4 is 27.8 Å². The lowest BCUT2D eigenvalue weighted by molar-refractivity contribution is 0.216. The molecule has 0 aromatic heterocycles. The number of alkyl halides is 1. The van der Waals surface area contributed by atoms with Crippen molar-refractivity contribution in [2.75, 3.05) is 18.4 Å². The molecule has 2 amide bonds. The SMILES string of the molecule is N=C1CCCCN1C(=O)NCCCBr. The third-order valence-electron chi connectivity index (χ3n) is 2.20. The quantitative estimate of drug-likeness (QED) is 0.592. The Kier molecular flexibility index (Phi) is 4.93. The van der Waals surface area contributed by atoms with Crippen LogP contribution in [0.2, 0.25) is 0 Å². The van der Waals surface area contributed by atoms with Gasteiger partial charge in [-0.2, -0.15) is 0 Å². The summed E-state index contributed by atoms with van der Waals surface area (Å²) in [7, 11) is 0. The number of urea groups is 1. The number of nitrogens with one attached hydrogen (secondary N) is 2. The number of halogens is 1. The van der Waals surface area contributed by atoms with Crippen molar-refractivity contribution in [3.63, 3.8) is 0 Å². The summed E-state index contributed by atoms with van der Waals surface area (Å²) in [6.07, 6.45) is 3.69. The lowest BCUT2D eigenvalue weighted by atomic mass is 10.1. The smallest absolute Gasteiger partial charge is 0.322 e. The first-order chi connectivity index (χ1) is 6.75. The van der Waals surface area contributed by atoms with E-state index in [2.05, 4.69) is 21.2 Å². The van der Waals surface area contributed by atoms with E-state index < -0.39 is 0 Å². The molecule has 1 saturated heterocycles. The molecule has 1 aliphatic heterocycles. The van der Waals surface area contributed by atoms with Crippen molar-refractivity contribution in [2.24, 2.45) is 0 Å². The van der Waals surface area contributed by atoms with Crippen molar-refractivity contribution in [3.05, 3.63) is 0 Å². The van der Waals surface area contributed by atoms with Gasteiger partial charge in [0.05, 0.1) is 0 Å². The zero-order valence-electron chi connectivity index (χ0n) is 8.18. The minimum atomic E-state index is -0.115. The molecule has 0 saturated carbocycles. The van der Waals surface area contributed by atoms with Crippen LogP contribution in [0, 0.1) is 5.41 Å². The number of hydrogen-bond donors (Lipinski definition) is 2. The van der Waals surface area contributed by atoms with Crippen LogP contribution in [0.5, 0.6) is 0 Å². The van der Waals surface area contributed by atoms with Gasteiger partial charge >= 0.3 is 6.03 Å². The maximum Gasteiger partial charge on any atom is 0.322 e. The zero-order chi connectivity index (χ0) is 10.4. The average molecular weight is 262 g/mol. The highest BCUT2D eigenvalue weighted by Crippen LogP contribution is 2.10. The van der Waals surface area contributed by atoms with E-state index in [1.54, 1.807) is 0 Å². The molecule has 1 aliphatic rings. The van der Waals surface area contributed by atoms with Crippen LogP contribution in [0.4, 0.5) is 4.79 Å². The van der Waals surface area contributed by atoms with E-state index in [1.165, 1.54) is 4.90 Å². The van der Waals surface area contributed by atoms with Gasteiger partial charge in [0.1, 0.15) is 5.84 Å². The lowest BCUT2D eigenvalue weighted by Crippen LogP contribution is -2.46. The number of rotatable bonds is 3. The van der Waals surface area contributed by atoms with E-state index >= 15 is 0 Å². The van der Waals surface area contributed by atoms with Gasteiger partial charge in [-0.1, -0.05) is 15.9 Å². The van der Waals surface area contributed by atoms with Crippen molar-refractivity contribution in [1.82, 2.24) is 10.2 Å². The molecule has 4 nitrogen and oxygen atoms in total. The van der Waals surface area contributed by atoms with Crippen molar-refractivity contribution in [1.29, 1.82) is 5.41 Å². The Bertz CT molecular complexity index is 220. The summed E-state index contributed by atoms with van der Waals surface area (Å²) in [5.41, 5.74) is 0. The average Bonchev–Trinajstić information content (AvgIpc) is 2.18. The van der Waals surface area contributed by atoms with Gasteiger partial charge in [-0.3, -0.25) is 10.3 Å². The first-order valence-electron chi connectivity index (χ1n) is 4.94. The molecule has 0 aromatic rings. The van der Waals surface area contributed by atoms with Gasteiger partial charge in [0.25, 0.3) is 0 Å². The molecule has 2 N–H and O–H groups in total. The second-order valence-electron chi connectivity index (χ2n) is 3.33. The Morgan fingerprint density at radius 1 is 1.57 bits per heavy atom. The van der Waals surface area contributed by atoms with Crippen molar-refractivity contribution in [2.45, 2.75) is 25.7 Å². The number of amidine groups is 1. The maximum atomic E-state index is 11.5. The third kappa shape index (κ3) is 3.29. The molecule has 14 heavy (non-hydrogen) atoms. The first kappa shape index (κ1) is 11.5. The maximum absolute atomic E-state index is 11.5. The second kappa shape index (κ2) is 6.01. The van der Waals surface area contributed by atoms with Gasteiger partial charge in [-0.05, 0) is 19.3 Å². The molecule has 1 fully saturated rings. The Balaban J connectivity index is 2.31. The van der Waals surface area contributed by atoms with Crippen LogP contribution in [0.1, 0.15) is 25.7 Å². The number of carbonyl (C=O) groups is 1. The molecular formula is C9H16BrN3O. The molecule has 1 rings (SSSR count). The van der Waals surface area contributed by atoms with Crippen molar-refractivity contribution in [3.8, 4) is 0 Å². The molecule has 0 bridgehead atoms. The van der Waals surface area contributed by atoms with Crippen LogP contribution in [-0.2, 0) is 0 Å². The standard InChI is InChI=1S/C9H16BrN3O/c10-5-3-6-12-9(14)13-7-2-1-4-8(13)11/h11H,1-7H2,(H,12,14). The summed E-state index contributed by atoms with van der Waals surface area (Å²) in [6.45, 7) is 1.37. The van der Waals surface area contributed by atoms with Gasteiger partial charge in [0.15, 0.2) is 0 Å². The molecule has 0 aliphatic carbocycles. The fourth-order valence-electron chi connectivity index (χ4n) is 1.41. The van der Waals surface area contributed by atoms with Crippen LogP contribution in [0.15, 0.2) is 0 Å². The van der Waals surface area contributed by atoms with Crippen LogP contribution >= 0.6 is 15.9 Å². The summed E-state index contributed by atoms with van der Waals surface area (Å²) >= 11 is 3.30. The van der Waals surface area contributed by atoms with E-state index in [4.69, 9.17) is 5.41 Å². The second-order valence-corrected chi connectivity index (χ2v) is 4.12. The molecular weight excluding hydrogens is 246 g/mol. The number of likely N-dealkylation sites (tertiary alicyclic amines) is 1. The van der Waals surface area contributed by atoms with E-state index in [-0.39, 0.29) is 6.03 Å². The normalized spacial score (nSPS) is 16.9. The van der Waals surface area contributed by atoms with Gasteiger partial charge in [0.2, 0.25) is 0 Å². The van der Waals surface area contributed by atoms with Crippen LogP contribution in [-0.4, -0.2) is 35.2 Å². The minimum Gasteiger partial charge on any atom is -0.338 e. The van der Waals surface area contributed by atoms with Gasteiger partial charge in [0, 0.05) is 24.8 Å². The predicted octanol–water partition coefficient (Wildman–Crippen LogP) is 1.94. The number of hydrogen-bond acceptors (Lipinski definition) is 2. The van der Waals surface area contributed by atoms with Gasteiger partial charge in [-0.15, -0.1) is 0 Å². The summed E-state index contributed by atoms with van der Waals surface area (Å²) in [5, 5.41) is 11.3. The Morgan fingerprint density at radius 3 is 3.00 bits per heavy atom. The van der Waals surface area contributed by atoms with Crippen LogP contribution in [0.3, 0.4) is 0 Å². The first-order valence-corrected chi connectivity index (χ1v) is 6.06. The topological polar surface area (TPSA) is 56.2 Å². The minimum absolute atomic E-state index is 0.115. The number of carbonyl (C=O) groups excluding carboxylic acids is 1. The van der Waals surface area contributed by atoms with Gasteiger partial charge in [-0.25, -0.2) is 4.79 Å². The van der Waals surface area contributed by atoms with E-state index in [9.17, 15) is 4.79 Å². The van der Waals surface area contributed by atoms with Crippen LogP contribution in [0.25, 0.3) is 0 Å². The molecule has 1 heterocycles. The molecule has 80 valence electrons. The number of piperidine rings is 1. The number of amides is 2. The Morgan fingerprint density at radius 2 is 2.36 bits per heavy atom. The summed E-state index contributed by atoms with van der Waals surface area (Å²) in [5.74, 6) is 0.451. The largest absolute Gasteiger partial charge is 0.338 e. The van der Waals surface area contributed by atoms with Gasteiger partial charge < -0.3 is 5.32 Å². The highest BCUT2D eigenvalue weighted by Gasteiger charge is 2.20. The molecule has 0 spiro atoms. The molecule has 5 heteroatoms. The summed E-state index contributed by atoms with van der Waals surface area (Å²) in [6, 6.07) is -0.115. The Labute approximate surface area is 92.7 Å². The highest BCUT2D eigenvalue weighted by molar-refractivity contribution is 9.09. The molecule has 0 unspecified atom stereocenters. The van der Waals surface area contributed by atoms with E-state index in [0.717, 1.165) is 31.0 Å². The zero-order valence-corrected chi connectivity index (χ0v) is 9.77.